The lowest BCUT2D eigenvalue weighted by Crippen LogP contribution is -2.48. The number of hydrogen-bond donors (Lipinski definition) is 2. The van der Waals surface area contributed by atoms with Crippen LogP contribution >= 0.6 is 23.2 Å². The Morgan fingerprint density at radius 1 is 1.26 bits per heavy atom. The first-order valence-corrected chi connectivity index (χ1v) is 8.53. The van der Waals surface area contributed by atoms with Crippen molar-refractivity contribution >= 4 is 29.1 Å². The van der Waals surface area contributed by atoms with Crippen LogP contribution in [0, 0.1) is 11.8 Å². The minimum atomic E-state index is -0.325. The van der Waals surface area contributed by atoms with Gasteiger partial charge in [0.1, 0.15) is 5.75 Å². The van der Waals surface area contributed by atoms with Gasteiger partial charge in [-0.3, -0.25) is 4.79 Å². The Kier molecular flexibility index (Phi) is 5.01. The molecule has 2 aliphatic heterocycles. The predicted octanol–water partition coefficient (Wildman–Crippen LogP) is 2.58. The lowest BCUT2D eigenvalue weighted by molar-refractivity contribution is -0.151. The minimum absolute atomic E-state index is 0.0272. The van der Waals surface area contributed by atoms with Crippen molar-refractivity contribution in [2.75, 3.05) is 26.3 Å². The van der Waals surface area contributed by atoms with Gasteiger partial charge in [0.25, 0.3) is 0 Å². The van der Waals surface area contributed by atoms with Crippen LogP contribution in [0.25, 0.3) is 0 Å². The van der Waals surface area contributed by atoms with Crippen molar-refractivity contribution in [3.05, 3.63) is 27.7 Å². The topological polar surface area (TPSA) is 75.8 Å². The summed E-state index contributed by atoms with van der Waals surface area (Å²) in [6, 6.07) is 2.73. The maximum absolute atomic E-state index is 12.2. The van der Waals surface area contributed by atoms with Crippen LogP contribution < -0.4 is 5.73 Å². The molecule has 1 amide bonds. The number of aromatic hydroxyl groups is 1. The molecule has 1 aromatic rings. The number of carbonyl (C=O) groups excluding carboxylic acids is 1. The van der Waals surface area contributed by atoms with E-state index in [-0.39, 0.29) is 29.5 Å². The maximum atomic E-state index is 12.2. The van der Waals surface area contributed by atoms with Crippen LogP contribution in [0.4, 0.5) is 0 Å². The molecule has 23 heavy (non-hydrogen) atoms. The molecule has 2 aliphatic rings. The van der Waals surface area contributed by atoms with Gasteiger partial charge >= 0.3 is 0 Å². The number of nitrogens with two attached hydrogens (primary N) is 1. The predicted molar refractivity (Wildman–Crippen MR) is 88.7 cm³/mol. The monoisotopic (exact) mass is 358 g/mol. The number of phenolic OH excluding ortho intramolecular Hbond substituents is 1. The molecule has 0 bridgehead atoms. The summed E-state index contributed by atoms with van der Waals surface area (Å²) in [5.74, 6) is 0.469. The van der Waals surface area contributed by atoms with Crippen molar-refractivity contribution in [1.29, 1.82) is 0 Å². The van der Waals surface area contributed by atoms with Crippen LogP contribution in [0.5, 0.6) is 5.75 Å². The van der Waals surface area contributed by atoms with Crippen molar-refractivity contribution in [2.24, 2.45) is 17.6 Å². The Morgan fingerprint density at radius 2 is 1.87 bits per heavy atom. The van der Waals surface area contributed by atoms with Gasteiger partial charge in [0.2, 0.25) is 5.91 Å². The molecule has 1 atom stereocenters. The first-order valence-electron chi connectivity index (χ1n) is 7.77. The SMILES string of the molecule is NC(c1cc(Cl)c(Cl)cc1O)C1CCN(C(=O)C2COC2)CC1. The van der Waals surface area contributed by atoms with E-state index in [1.165, 1.54) is 6.07 Å². The highest BCUT2D eigenvalue weighted by Crippen LogP contribution is 2.38. The second-order valence-electron chi connectivity index (χ2n) is 6.25. The summed E-state index contributed by atoms with van der Waals surface area (Å²) in [6.45, 7) is 2.45. The van der Waals surface area contributed by atoms with E-state index in [0.29, 0.717) is 41.9 Å². The van der Waals surface area contributed by atoms with E-state index in [1.807, 2.05) is 4.90 Å². The number of piperidine rings is 1. The number of likely N-dealkylation sites (tertiary alicyclic amines) is 1. The van der Waals surface area contributed by atoms with Crippen LogP contribution in [-0.4, -0.2) is 42.2 Å². The number of rotatable bonds is 3. The zero-order valence-corrected chi connectivity index (χ0v) is 14.2. The molecule has 3 rings (SSSR count). The van der Waals surface area contributed by atoms with E-state index >= 15 is 0 Å². The van der Waals surface area contributed by atoms with Crippen LogP contribution in [0.2, 0.25) is 10.0 Å². The molecule has 1 aromatic carbocycles. The van der Waals surface area contributed by atoms with Gasteiger partial charge in [0.05, 0.1) is 29.2 Å². The lowest BCUT2D eigenvalue weighted by Gasteiger charge is -2.38. The van der Waals surface area contributed by atoms with Crippen molar-refractivity contribution in [2.45, 2.75) is 18.9 Å². The Balaban J connectivity index is 1.63. The third kappa shape index (κ3) is 3.43. The van der Waals surface area contributed by atoms with E-state index in [4.69, 9.17) is 33.7 Å². The summed E-state index contributed by atoms with van der Waals surface area (Å²) in [4.78, 5) is 14.1. The molecule has 0 spiro atoms. The molecule has 1 unspecified atom stereocenters. The van der Waals surface area contributed by atoms with E-state index in [9.17, 15) is 9.90 Å². The third-order valence-electron chi connectivity index (χ3n) is 4.78. The first kappa shape index (κ1) is 16.8. The largest absolute Gasteiger partial charge is 0.508 e. The number of phenols is 1. The summed E-state index contributed by atoms with van der Waals surface area (Å²) >= 11 is 11.9. The lowest BCUT2D eigenvalue weighted by atomic mass is 9.85. The quantitative estimate of drug-likeness (QED) is 0.870. The van der Waals surface area contributed by atoms with Gasteiger partial charge in [-0.25, -0.2) is 0 Å². The average Bonchev–Trinajstić information content (AvgIpc) is 2.48. The summed E-state index contributed by atoms with van der Waals surface area (Å²) in [5, 5.41) is 10.8. The number of amides is 1. The Hall–Kier alpha value is -1.01. The van der Waals surface area contributed by atoms with E-state index in [2.05, 4.69) is 0 Å². The Bertz CT molecular complexity index is 599. The van der Waals surface area contributed by atoms with Gasteiger partial charge in [-0.05, 0) is 24.8 Å². The van der Waals surface area contributed by atoms with Gasteiger partial charge in [0, 0.05) is 30.8 Å². The number of ether oxygens (including phenoxy) is 1. The molecule has 0 aromatic heterocycles. The molecule has 5 nitrogen and oxygen atoms in total. The normalized spacial score (nSPS) is 21.1. The second-order valence-corrected chi connectivity index (χ2v) is 7.06. The first-order chi connectivity index (χ1) is 11.0. The minimum Gasteiger partial charge on any atom is -0.508 e. The fourth-order valence-corrected chi connectivity index (χ4v) is 3.52. The van der Waals surface area contributed by atoms with Gasteiger partial charge in [-0.2, -0.15) is 0 Å². The summed E-state index contributed by atoms with van der Waals surface area (Å²) in [7, 11) is 0. The summed E-state index contributed by atoms with van der Waals surface area (Å²) in [6.07, 6.45) is 1.61. The van der Waals surface area contributed by atoms with Gasteiger partial charge in [0.15, 0.2) is 0 Å². The number of carbonyl (C=O) groups is 1. The average molecular weight is 359 g/mol. The van der Waals surface area contributed by atoms with Gasteiger partial charge < -0.3 is 20.5 Å². The van der Waals surface area contributed by atoms with Crippen molar-refractivity contribution < 1.29 is 14.6 Å². The number of nitrogens with zero attached hydrogens (tertiary/aromatic N) is 1. The maximum Gasteiger partial charge on any atom is 0.230 e. The standard InChI is InChI=1S/C16H20Cl2N2O3/c17-12-5-11(14(21)6-13(12)18)15(19)9-1-3-20(4-2-9)16(22)10-7-23-8-10/h5-6,9-10,15,21H,1-4,7-8,19H2. The Morgan fingerprint density at radius 3 is 2.43 bits per heavy atom. The summed E-state index contributed by atoms with van der Waals surface area (Å²) < 4.78 is 5.08. The molecular formula is C16H20Cl2N2O3. The molecule has 0 saturated carbocycles. The fraction of sp³-hybridized carbons (Fsp3) is 0.562. The zero-order valence-electron chi connectivity index (χ0n) is 12.7. The highest BCUT2D eigenvalue weighted by molar-refractivity contribution is 6.42. The second kappa shape index (κ2) is 6.85. The molecule has 2 heterocycles. The van der Waals surface area contributed by atoms with Crippen LogP contribution in [0.3, 0.4) is 0 Å². The third-order valence-corrected chi connectivity index (χ3v) is 5.50. The van der Waals surface area contributed by atoms with Crippen LogP contribution in [0.15, 0.2) is 12.1 Å². The highest BCUT2D eigenvalue weighted by atomic mass is 35.5. The Labute approximate surface area is 145 Å². The molecular weight excluding hydrogens is 339 g/mol. The van der Waals surface area contributed by atoms with E-state index < -0.39 is 0 Å². The van der Waals surface area contributed by atoms with E-state index in [0.717, 1.165) is 12.8 Å². The number of halogens is 2. The highest BCUT2D eigenvalue weighted by Gasteiger charge is 2.34. The number of benzene rings is 1. The molecule has 0 radical (unpaired) electrons. The zero-order chi connectivity index (χ0) is 16.6. The molecule has 126 valence electrons. The molecule has 3 N–H and O–H groups in total. The van der Waals surface area contributed by atoms with Crippen LogP contribution in [0.1, 0.15) is 24.4 Å². The van der Waals surface area contributed by atoms with E-state index in [1.54, 1.807) is 6.07 Å². The summed E-state index contributed by atoms with van der Waals surface area (Å²) in [5.41, 5.74) is 6.93. The molecule has 2 fully saturated rings. The molecule has 2 saturated heterocycles. The number of hydrogen-bond acceptors (Lipinski definition) is 4. The van der Waals surface area contributed by atoms with Gasteiger partial charge in [-0.1, -0.05) is 23.2 Å². The van der Waals surface area contributed by atoms with Crippen molar-refractivity contribution in [3.63, 3.8) is 0 Å². The van der Waals surface area contributed by atoms with Crippen molar-refractivity contribution in [3.8, 4) is 5.75 Å². The molecule has 7 heteroatoms. The smallest absolute Gasteiger partial charge is 0.230 e. The van der Waals surface area contributed by atoms with Gasteiger partial charge in [-0.15, -0.1) is 0 Å². The fourth-order valence-electron chi connectivity index (χ4n) is 3.19. The van der Waals surface area contributed by atoms with Crippen molar-refractivity contribution in [1.82, 2.24) is 4.90 Å². The molecule has 0 aliphatic carbocycles. The van der Waals surface area contributed by atoms with Crippen LogP contribution in [-0.2, 0) is 9.53 Å².